The van der Waals surface area contributed by atoms with Gasteiger partial charge in [-0.05, 0) is 36.8 Å². The summed E-state index contributed by atoms with van der Waals surface area (Å²) in [6.07, 6.45) is -0.215. The fraction of sp³-hybridized carbons (Fsp3) is 0.350. The number of methoxy groups -OCH3 is 1. The van der Waals surface area contributed by atoms with E-state index in [-0.39, 0.29) is 18.6 Å². The van der Waals surface area contributed by atoms with Gasteiger partial charge in [0.05, 0.1) is 13.7 Å². The minimum absolute atomic E-state index is 0.0694. The summed E-state index contributed by atoms with van der Waals surface area (Å²) in [7, 11) is 3.30. The number of likely N-dealkylation sites (N-methyl/N-ethyl adjacent to an activating group) is 1. The monoisotopic (exact) mass is 357 g/mol. The van der Waals surface area contributed by atoms with Crippen LogP contribution in [0.1, 0.15) is 5.56 Å². The van der Waals surface area contributed by atoms with E-state index < -0.39 is 0 Å². The van der Waals surface area contributed by atoms with Crippen LogP contribution in [0.15, 0.2) is 42.5 Å². The molecule has 1 amide bonds. The third-order valence-electron chi connectivity index (χ3n) is 4.14. The van der Waals surface area contributed by atoms with Crippen molar-refractivity contribution in [2.24, 2.45) is 0 Å². The second-order valence-electron chi connectivity index (χ2n) is 6.21. The van der Waals surface area contributed by atoms with Crippen LogP contribution < -0.4 is 18.9 Å². The maximum atomic E-state index is 12.4. The van der Waals surface area contributed by atoms with Gasteiger partial charge in [0.15, 0.2) is 35.7 Å². The molecule has 2 aromatic carbocycles. The van der Waals surface area contributed by atoms with Crippen molar-refractivity contribution in [1.29, 1.82) is 0 Å². The lowest BCUT2D eigenvalue weighted by molar-refractivity contribution is -0.133. The fourth-order valence-corrected chi connectivity index (χ4v) is 2.70. The number of rotatable bonds is 6. The maximum absolute atomic E-state index is 12.4. The van der Waals surface area contributed by atoms with Crippen LogP contribution >= 0.6 is 0 Å². The molecule has 1 heterocycles. The van der Waals surface area contributed by atoms with Gasteiger partial charge < -0.3 is 23.8 Å². The first-order chi connectivity index (χ1) is 12.6. The molecule has 6 nitrogen and oxygen atoms in total. The smallest absolute Gasteiger partial charge is 0.260 e. The highest BCUT2D eigenvalue weighted by Gasteiger charge is 2.24. The van der Waals surface area contributed by atoms with E-state index in [1.807, 2.05) is 43.3 Å². The molecular formula is C20H23NO5. The van der Waals surface area contributed by atoms with E-state index in [0.29, 0.717) is 30.4 Å². The molecule has 1 aliphatic rings. The number of fused-ring (bicyclic) bond motifs is 1. The van der Waals surface area contributed by atoms with Crippen molar-refractivity contribution in [3.63, 3.8) is 0 Å². The van der Waals surface area contributed by atoms with E-state index >= 15 is 0 Å². The lowest BCUT2D eigenvalue weighted by Crippen LogP contribution is -2.43. The van der Waals surface area contributed by atoms with Crippen LogP contribution in [-0.2, 0) is 4.79 Å². The number of hydrogen-bond donors (Lipinski definition) is 0. The summed E-state index contributed by atoms with van der Waals surface area (Å²) in [6, 6.07) is 13.1. The SMILES string of the molecule is COc1cc(C)ccc1OCC(=O)N(C)C[C@@H]1COc2ccccc2O1. The molecule has 3 rings (SSSR count). The van der Waals surface area contributed by atoms with Gasteiger partial charge in [0, 0.05) is 7.05 Å². The van der Waals surface area contributed by atoms with Gasteiger partial charge in [0.2, 0.25) is 0 Å². The Labute approximate surface area is 153 Å². The summed E-state index contributed by atoms with van der Waals surface area (Å²) in [4.78, 5) is 14.0. The number of carbonyl (C=O) groups is 1. The molecule has 0 radical (unpaired) electrons. The third kappa shape index (κ3) is 4.20. The molecule has 0 aliphatic carbocycles. The highest BCUT2D eigenvalue weighted by atomic mass is 16.6. The minimum Gasteiger partial charge on any atom is -0.493 e. The van der Waals surface area contributed by atoms with Gasteiger partial charge in [0.1, 0.15) is 6.61 Å². The molecule has 0 fully saturated rings. The average Bonchev–Trinajstić information content (AvgIpc) is 2.66. The molecule has 0 spiro atoms. The second-order valence-corrected chi connectivity index (χ2v) is 6.21. The number of amides is 1. The van der Waals surface area contributed by atoms with Crippen molar-refractivity contribution in [3.8, 4) is 23.0 Å². The van der Waals surface area contributed by atoms with E-state index in [0.717, 1.165) is 11.3 Å². The van der Waals surface area contributed by atoms with Crippen LogP contribution in [0.2, 0.25) is 0 Å². The molecule has 6 heteroatoms. The number of hydrogen-bond acceptors (Lipinski definition) is 5. The van der Waals surface area contributed by atoms with Gasteiger partial charge in [-0.15, -0.1) is 0 Å². The Hall–Kier alpha value is -2.89. The molecule has 0 saturated carbocycles. The van der Waals surface area contributed by atoms with Crippen molar-refractivity contribution in [1.82, 2.24) is 4.90 Å². The Morgan fingerprint density at radius 2 is 1.96 bits per heavy atom. The molecule has 2 aromatic rings. The van der Waals surface area contributed by atoms with E-state index in [9.17, 15) is 4.79 Å². The molecule has 26 heavy (non-hydrogen) atoms. The first-order valence-electron chi connectivity index (χ1n) is 8.46. The standard InChI is InChI=1S/C20H23NO5/c1-14-8-9-17(19(10-14)23-3)25-13-20(22)21(2)11-15-12-24-16-6-4-5-7-18(16)26-15/h4-10,15H,11-13H2,1-3H3/t15-/m1/s1. The lowest BCUT2D eigenvalue weighted by atomic mass is 10.2. The molecule has 0 N–H and O–H groups in total. The number of aryl methyl sites for hydroxylation is 1. The van der Waals surface area contributed by atoms with Crippen molar-refractivity contribution in [3.05, 3.63) is 48.0 Å². The van der Waals surface area contributed by atoms with Crippen LogP contribution in [0.3, 0.4) is 0 Å². The molecular weight excluding hydrogens is 334 g/mol. The normalized spacial score (nSPS) is 15.3. The Kier molecular flexibility index (Phi) is 5.51. The maximum Gasteiger partial charge on any atom is 0.260 e. The number of carbonyl (C=O) groups excluding carboxylic acids is 1. The Morgan fingerprint density at radius 3 is 2.73 bits per heavy atom. The van der Waals surface area contributed by atoms with Crippen LogP contribution in [0.5, 0.6) is 23.0 Å². The summed E-state index contributed by atoms with van der Waals surface area (Å²) in [6.45, 7) is 2.72. The van der Waals surface area contributed by atoms with Crippen molar-refractivity contribution >= 4 is 5.91 Å². The predicted octanol–water partition coefficient (Wildman–Crippen LogP) is 2.68. The molecule has 0 aromatic heterocycles. The van der Waals surface area contributed by atoms with Crippen molar-refractivity contribution < 1.29 is 23.7 Å². The minimum atomic E-state index is -0.215. The van der Waals surface area contributed by atoms with E-state index in [1.54, 1.807) is 25.1 Å². The Bertz CT molecular complexity index is 777. The van der Waals surface area contributed by atoms with Crippen molar-refractivity contribution in [2.45, 2.75) is 13.0 Å². The first-order valence-corrected chi connectivity index (χ1v) is 8.46. The van der Waals surface area contributed by atoms with Gasteiger partial charge in [0.25, 0.3) is 5.91 Å². The van der Waals surface area contributed by atoms with Gasteiger partial charge in [-0.2, -0.15) is 0 Å². The summed E-state index contributed by atoms with van der Waals surface area (Å²) >= 11 is 0. The second kappa shape index (κ2) is 7.99. The number of ether oxygens (including phenoxy) is 4. The highest BCUT2D eigenvalue weighted by Crippen LogP contribution is 2.31. The summed E-state index contributed by atoms with van der Waals surface area (Å²) in [5, 5.41) is 0. The largest absolute Gasteiger partial charge is 0.493 e. The molecule has 138 valence electrons. The van der Waals surface area contributed by atoms with Gasteiger partial charge in [-0.1, -0.05) is 18.2 Å². The summed E-state index contributed by atoms with van der Waals surface area (Å²) in [5.74, 6) is 2.44. The van der Waals surface area contributed by atoms with Crippen LogP contribution in [0, 0.1) is 6.92 Å². The lowest BCUT2D eigenvalue weighted by Gasteiger charge is -2.29. The molecule has 0 unspecified atom stereocenters. The zero-order valence-corrected chi connectivity index (χ0v) is 15.2. The quantitative estimate of drug-likeness (QED) is 0.796. The average molecular weight is 357 g/mol. The van der Waals surface area contributed by atoms with Crippen molar-refractivity contribution in [2.75, 3.05) is 33.9 Å². The van der Waals surface area contributed by atoms with Gasteiger partial charge >= 0.3 is 0 Å². The molecule has 1 aliphatic heterocycles. The van der Waals surface area contributed by atoms with Crippen LogP contribution in [0.25, 0.3) is 0 Å². The van der Waals surface area contributed by atoms with E-state index in [4.69, 9.17) is 18.9 Å². The number of para-hydroxylation sites is 2. The summed E-state index contributed by atoms with van der Waals surface area (Å²) in [5.41, 5.74) is 1.06. The third-order valence-corrected chi connectivity index (χ3v) is 4.14. The zero-order valence-electron chi connectivity index (χ0n) is 15.2. The van der Waals surface area contributed by atoms with Gasteiger partial charge in [-0.3, -0.25) is 4.79 Å². The van der Waals surface area contributed by atoms with Crippen LogP contribution in [0.4, 0.5) is 0 Å². The van der Waals surface area contributed by atoms with E-state index in [1.165, 1.54) is 0 Å². The topological polar surface area (TPSA) is 57.2 Å². The first kappa shape index (κ1) is 17.9. The fourth-order valence-electron chi connectivity index (χ4n) is 2.70. The molecule has 0 saturated heterocycles. The number of nitrogens with zero attached hydrogens (tertiary/aromatic N) is 1. The Balaban J connectivity index is 1.52. The highest BCUT2D eigenvalue weighted by molar-refractivity contribution is 5.77. The predicted molar refractivity (Wildman–Crippen MR) is 97.2 cm³/mol. The Morgan fingerprint density at radius 1 is 1.19 bits per heavy atom. The zero-order chi connectivity index (χ0) is 18.5. The molecule has 0 bridgehead atoms. The number of benzene rings is 2. The van der Waals surface area contributed by atoms with E-state index in [2.05, 4.69) is 0 Å². The molecule has 1 atom stereocenters. The van der Waals surface area contributed by atoms with Crippen LogP contribution in [-0.4, -0.2) is 50.8 Å². The van der Waals surface area contributed by atoms with Gasteiger partial charge in [-0.25, -0.2) is 0 Å². The summed E-state index contributed by atoms with van der Waals surface area (Å²) < 4.78 is 22.5.